The molecule has 1 aliphatic rings. The Morgan fingerprint density at radius 2 is 1.78 bits per heavy atom. The van der Waals surface area contributed by atoms with Crippen molar-refractivity contribution in [3.05, 3.63) is 50.6 Å². The van der Waals surface area contributed by atoms with E-state index in [-0.39, 0.29) is 43.1 Å². The van der Waals surface area contributed by atoms with Gasteiger partial charge in [-0.3, -0.25) is 4.90 Å². The molecule has 9 nitrogen and oxygen atoms in total. The number of nitro groups is 1. The van der Waals surface area contributed by atoms with Gasteiger partial charge in [0.2, 0.25) is 10.0 Å². The lowest BCUT2D eigenvalue weighted by molar-refractivity contribution is -0.390. The van der Waals surface area contributed by atoms with Gasteiger partial charge in [-0.25, -0.2) is 17.2 Å². The molecule has 1 aromatic carbocycles. The van der Waals surface area contributed by atoms with E-state index in [1.807, 2.05) is 4.90 Å². The highest BCUT2D eigenvalue weighted by Gasteiger charge is 2.33. The maximum absolute atomic E-state index is 13.8. The van der Waals surface area contributed by atoms with Gasteiger partial charge in [0.25, 0.3) is 0 Å². The minimum absolute atomic E-state index is 0.0284. The molecule has 0 bridgehead atoms. The smallest absolute Gasteiger partial charge is 0.358 e. The standard InChI is InChI=1S/C14H14BrF2N5O4S/c15-10-8-20(18-14(10)22(23)24)9-19-4-6-21(7-5-19)27(25,26)13-11(16)2-1-3-12(13)17/h1-3,8H,4-7,9H2. The van der Waals surface area contributed by atoms with E-state index in [9.17, 15) is 27.3 Å². The summed E-state index contributed by atoms with van der Waals surface area (Å²) in [5.74, 6) is -2.58. The van der Waals surface area contributed by atoms with Crippen LogP contribution in [-0.2, 0) is 16.7 Å². The van der Waals surface area contributed by atoms with Gasteiger partial charge < -0.3 is 10.1 Å². The molecule has 27 heavy (non-hydrogen) atoms. The molecular weight excluding hydrogens is 452 g/mol. The van der Waals surface area contributed by atoms with Crippen LogP contribution in [0.1, 0.15) is 0 Å². The van der Waals surface area contributed by atoms with E-state index in [0.29, 0.717) is 0 Å². The first-order chi connectivity index (χ1) is 12.7. The molecule has 1 aromatic heterocycles. The Balaban J connectivity index is 1.68. The fourth-order valence-electron chi connectivity index (χ4n) is 2.76. The normalized spacial score (nSPS) is 16.6. The number of aromatic nitrogens is 2. The average Bonchev–Trinajstić information content (AvgIpc) is 2.95. The minimum Gasteiger partial charge on any atom is -0.358 e. The van der Waals surface area contributed by atoms with Crippen LogP contribution in [0.5, 0.6) is 0 Å². The minimum atomic E-state index is -4.30. The fraction of sp³-hybridized carbons (Fsp3) is 0.357. The highest BCUT2D eigenvalue weighted by Crippen LogP contribution is 2.25. The Morgan fingerprint density at radius 1 is 1.19 bits per heavy atom. The summed E-state index contributed by atoms with van der Waals surface area (Å²) in [6.07, 6.45) is 1.45. The average molecular weight is 466 g/mol. The van der Waals surface area contributed by atoms with Crippen LogP contribution >= 0.6 is 15.9 Å². The lowest BCUT2D eigenvalue weighted by Gasteiger charge is -2.33. The third kappa shape index (κ3) is 4.00. The molecule has 1 fully saturated rings. The SMILES string of the molecule is O=[N+]([O-])c1nn(CN2CCN(S(=O)(=O)c3c(F)cccc3F)CC2)cc1Br. The maximum Gasteiger partial charge on any atom is 0.404 e. The molecule has 13 heteroatoms. The fourth-order valence-corrected chi connectivity index (χ4v) is 4.75. The predicted octanol–water partition coefficient (Wildman–Crippen LogP) is 1.80. The quantitative estimate of drug-likeness (QED) is 0.492. The summed E-state index contributed by atoms with van der Waals surface area (Å²) in [5, 5.41) is 14.7. The number of rotatable bonds is 5. The monoisotopic (exact) mass is 465 g/mol. The van der Waals surface area contributed by atoms with Crippen molar-refractivity contribution in [2.24, 2.45) is 0 Å². The van der Waals surface area contributed by atoms with E-state index in [2.05, 4.69) is 21.0 Å². The van der Waals surface area contributed by atoms with E-state index in [1.165, 1.54) is 10.9 Å². The van der Waals surface area contributed by atoms with Gasteiger partial charge in [-0.1, -0.05) is 6.07 Å². The summed E-state index contributed by atoms with van der Waals surface area (Å²) in [5.41, 5.74) is 0. The molecule has 146 valence electrons. The second kappa shape index (κ2) is 7.58. The van der Waals surface area contributed by atoms with E-state index < -0.39 is 31.5 Å². The summed E-state index contributed by atoms with van der Waals surface area (Å²) in [6.45, 7) is 0.830. The van der Waals surface area contributed by atoms with Crippen molar-refractivity contribution in [1.29, 1.82) is 0 Å². The van der Waals surface area contributed by atoms with E-state index in [1.54, 1.807) is 0 Å². The van der Waals surface area contributed by atoms with Gasteiger partial charge in [-0.05, 0) is 33.0 Å². The highest BCUT2D eigenvalue weighted by molar-refractivity contribution is 9.10. The first-order valence-electron chi connectivity index (χ1n) is 7.74. The predicted molar refractivity (Wildman–Crippen MR) is 93.3 cm³/mol. The van der Waals surface area contributed by atoms with Gasteiger partial charge in [0, 0.05) is 26.2 Å². The van der Waals surface area contributed by atoms with Crippen molar-refractivity contribution in [1.82, 2.24) is 19.0 Å². The van der Waals surface area contributed by atoms with Gasteiger partial charge >= 0.3 is 5.82 Å². The van der Waals surface area contributed by atoms with Crippen molar-refractivity contribution in [2.75, 3.05) is 26.2 Å². The number of hydrogen-bond donors (Lipinski definition) is 0. The van der Waals surface area contributed by atoms with Crippen LogP contribution in [0.25, 0.3) is 0 Å². The van der Waals surface area contributed by atoms with E-state index in [0.717, 1.165) is 22.5 Å². The molecule has 0 saturated carbocycles. The number of halogens is 3. The van der Waals surface area contributed by atoms with Crippen molar-refractivity contribution in [3.8, 4) is 0 Å². The summed E-state index contributed by atoms with van der Waals surface area (Å²) in [6, 6.07) is 2.90. The zero-order valence-corrected chi connectivity index (χ0v) is 16.2. The Kier molecular flexibility index (Phi) is 5.55. The largest absolute Gasteiger partial charge is 0.404 e. The number of benzene rings is 1. The summed E-state index contributed by atoms with van der Waals surface area (Å²) in [4.78, 5) is 11.1. The number of hydrogen-bond acceptors (Lipinski definition) is 6. The maximum atomic E-state index is 13.8. The van der Waals surface area contributed by atoms with Crippen LogP contribution in [0.2, 0.25) is 0 Å². The van der Waals surface area contributed by atoms with Crippen molar-refractivity contribution < 1.29 is 22.1 Å². The van der Waals surface area contributed by atoms with Crippen LogP contribution in [0.4, 0.5) is 14.6 Å². The molecule has 0 spiro atoms. The molecule has 0 aliphatic carbocycles. The van der Waals surface area contributed by atoms with E-state index in [4.69, 9.17) is 0 Å². The first-order valence-corrected chi connectivity index (χ1v) is 9.97. The van der Waals surface area contributed by atoms with Crippen LogP contribution in [0, 0.1) is 21.7 Å². The van der Waals surface area contributed by atoms with Crippen LogP contribution < -0.4 is 0 Å². The highest BCUT2D eigenvalue weighted by atomic mass is 79.9. The number of nitrogens with zero attached hydrogens (tertiary/aromatic N) is 5. The molecule has 0 amide bonds. The number of piperazine rings is 1. The molecule has 1 aliphatic heterocycles. The molecule has 2 heterocycles. The van der Waals surface area contributed by atoms with Gasteiger partial charge in [-0.2, -0.15) is 8.99 Å². The van der Waals surface area contributed by atoms with Crippen LogP contribution in [0.3, 0.4) is 0 Å². The molecule has 1 saturated heterocycles. The van der Waals surface area contributed by atoms with Crippen molar-refractivity contribution in [3.63, 3.8) is 0 Å². The topological polar surface area (TPSA) is 102 Å². The Bertz CT molecular complexity index is 956. The van der Waals surface area contributed by atoms with Crippen molar-refractivity contribution in [2.45, 2.75) is 11.6 Å². The first kappa shape index (κ1) is 19.8. The molecule has 0 N–H and O–H groups in total. The summed E-state index contributed by atoms with van der Waals surface area (Å²) >= 11 is 3.06. The van der Waals surface area contributed by atoms with Crippen LogP contribution in [-0.4, -0.2) is 58.5 Å². The molecular formula is C14H14BrF2N5O4S. The third-order valence-electron chi connectivity index (χ3n) is 4.07. The zero-order valence-electron chi connectivity index (χ0n) is 13.8. The number of sulfonamides is 1. The summed E-state index contributed by atoms with van der Waals surface area (Å²) < 4.78 is 55.4. The van der Waals surface area contributed by atoms with E-state index >= 15 is 0 Å². The van der Waals surface area contributed by atoms with Gasteiger partial charge in [-0.15, -0.1) is 0 Å². The molecule has 0 radical (unpaired) electrons. The Labute approximate surface area is 161 Å². The Morgan fingerprint density at radius 3 is 2.30 bits per heavy atom. The summed E-state index contributed by atoms with van der Waals surface area (Å²) in [7, 11) is -4.30. The van der Waals surface area contributed by atoms with Gasteiger partial charge in [0.05, 0.1) is 11.3 Å². The lowest BCUT2D eigenvalue weighted by Crippen LogP contribution is -2.49. The third-order valence-corrected chi connectivity index (χ3v) is 6.58. The lowest BCUT2D eigenvalue weighted by atomic mass is 10.3. The van der Waals surface area contributed by atoms with Crippen LogP contribution in [0.15, 0.2) is 33.8 Å². The molecule has 3 rings (SSSR count). The zero-order chi connectivity index (χ0) is 19.8. The van der Waals surface area contributed by atoms with Crippen molar-refractivity contribution >= 4 is 31.8 Å². The van der Waals surface area contributed by atoms with Gasteiger partial charge in [0.15, 0.2) is 4.90 Å². The molecule has 2 aromatic rings. The Hall–Kier alpha value is -1.96. The second-order valence-electron chi connectivity index (χ2n) is 5.81. The molecule has 0 atom stereocenters. The second-order valence-corrected chi connectivity index (χ2v) is 8.54. The molecule has 0 unspecified atom stereocenters. The van der Waals surface area contributed by atoms with Gasteiger partial charge in [0.1, 0.15) is 22.8 Å².